The van der Waals surface area contributed by atoms with Gasteiger partial charge in [0.2, 0.25) is 0 Å². The molecule has 1 heterocycles. The molecule has 2 aromatic rings. The van der Waals surface area contributed by atoms with Gasteiger partial charge in [-0.05, 0) is 130 Å². The van der Waals surface area contributed by atoms with E-state index in [1.54, 1.807) is 41.8 Å². The lowest BCUT2D eigenvalue weighted by atomic mass is 9.70. The second-order valence-electron chi connectivity index (χ2n) is 16.7. The number of ketones is 1. The second kappa shape index (κ2) is 20.4. The molecule has 1 spiro atoms. The molecular weight excluding hydrogens is 777 g/mol. The maximum atomic E-state index is 14.7. The predicted octanol–water partition coefficient (Wildman–Crippen LogP) is 7.05. The number of hydrogen-bond acceptors (Lipinski definition) is 12. The topological polar surface area (TPSA) is 174 Å². The largest absolute Gasteiger partial charge is 0.504 e. The second-order valence-corrected chi connectivity index (χ2v) is 19.2. The van der Waals surface area contributed by atoms with Crippen molar-refractivity contribution < 1.29 is 39.4 Å². The number of phenols is 2. The van der Waals surface area contributed by atoms with E-state index < -0.39 is 17.3 Å². The molecule has 6 rings (SSSR count). The fourth-order valence-corrected chi connectivity index (χ4v) is 12.2. The van der Waals surface area contributed by atoms with E-state index in [4.69, 9.17) is 19.3 Å². The van der Waals surface area contributed by atoms with E-state index in [-0.39, 0.29) is 41.1 Å². The summed E-state index contributed by atoms with van der Waals surface area (Å²) in [6.45, 7) is 0.880. The van der Waals surface area contributed by atoms with Crippen molar-refractivity contribution >= 4 is 39.0 Å². The Kier molecular flexibility index (Phi) is 15.6. The van der Waals surface area contributed by atoms with Crippen LogP contribution >= 0.6 is 21.6 Å². The minimum Gasteiger partial charge on any atom is -0.504 e. The highest BCUT2D eigenvalue weighted by atomic mass is 33.1. The summed E-state index contributed by atoms with van der Waals surface area (Å²) < 4.78 is 18.0. The van der Waals surface area contributed by atoms with Crippen LogP contribution in [-0.4, -0.2) is 96.7 Å². The maximum absolute atomic E-state index is 14.7. The number of hydrogen-bond donors (Lipinski definition) is 7. The summed E-state index contributed by atoms with van der Waals surface area (Å²) in [5.74, 6) is 3.33. The summed E-state index contributed by atoms with van der Waals surface area (Å²) in [6.07, 6.45) is 14.3. The van der Waals surface area contributed by atoms with E-state index in [1.807, 2.05) is 37.4 Å². The number of carbonyl (C=O) groups is 1. The Morgan fingerprint density at radius 1 is 1.05 bits per heavy atom. The van der Waals surface area contributed by atoms with Gasteiger partial charge in [0.1, 0.15) is 5.60 Å². The van der Waals surface area contributed by atoms with Crippen LogP contribution in [-0.2, 0) is 21.4 Å². The van der Waals surface area contributed by atoms with Crippen molar-refractivity contribution in [3.05, 3.63) is 53.6 Å². The molecule has 1 aliphatic heterocycles. The Bertz CT molecular complexity index is 1760. The lowest BCUT2D eigenvalue weighted by molar-refractivity contribution is -0.125. The van der Waals surface area contributed by atoms with Crippen molar-refractivity contribution in [3.8, 4) is 23.0 Å². The summed E-state index contributed by atoms with van der Waals surface area (Å²) in [6, 6.07) is 9.48. The normalized spacial score (nSPS) is 27.5. The zero-order chi connectivity index (χ0) is 41.2. The molecule has 14 heteroatoms. The Morgan fingerprint density at radius 2 is 1.88 bits per heavy atom. The number of allylic oxidation sites excluding steroid dienone is 2. The van der Waals surface area contributed by atoms with Crippen LogP contribution in [0.1, 0.15) is 94.6 Å². The lowest BCUT2D eigenvalue weighted by Crippen LogP contribution is -2.43. The zero-order valence-corrected chi connectivity index (χ0v) is 36.0. The summed E-state index contributed by atoms with van der Waals surface area (Å²) in [4.78, 5) is 19.2. The number of carbonyl (C=O) groups excluding carboxylic acids is 1. The highest BCUT2D eigenvalue weighted by molar-refractivity contribution is 8.76. The van der Waals surface area contributed by atoms with Gasteiger partial charge in [-0.1, -0.05) is 53.0 Å². The number of nitrogens with zero attached hydrogens (tertiary/aromatic N) is 1. The fourth-order valence-electron chi connectivity index (χ4n) is 9.99. The molecule has 2 aromatic carbocycles. The molecule has 5 atom stereocenters. The molecule has 0 saturated heterocycles. The van der Waals surface area contributed by atoms with E-state index in [0.29, 0.717) is 74.3 Å². The van der Waals surface area contributed by atoms with Gasteiger partial charge in [0.25, 0.3) is 0 Å². The highest BCUT2D eigenvalue weighted by Crippen LogP contribution is 2.52. The standard InChI is InChI=1S/C44H64N4O8S2/c1-45-28-43(18-13-31(25-43)22-39(52)55-20-8-19-49)56-37-24-33-23-34(40(37)53)48-41(46-2)47-29-58-57-27-32-9-6-17-44(32,26-30-11-12-35(50)36(21-30)54-3)38(51)10-7-16-42(33)14-4-5-15-42/h7,10-12,21,23-24,31-32,39,45,49-50,52-53H,4-6,8-9,13-20,22,25-29H2,1-3H3,(H2,46,47,48). The van der Waals surface area contributed by atoms with E-state index in [1.165, 1.54) is 0 Å². The number of guanidine groups is 1. The minimum absolute atomic E-state index is 0.0115. The van der Waals surface area contributed by atoms with Crippen LogP contribution in [0, 0.1) is 17.3 Å². The van der Waals surface area contributed by atoms with Crippen LogP contribution < -0.4 is 25.4 Å². The average Bonchev–Trinajstić information content (AvgIpc) is 3.96. The van der Waals surface area contributed by atoms with Crippen molar-refractivity contribution in [1.82, 2.24) is 10.6 Å². The summed E-state index contributed by atoms with van der Waals surface area (Å²) >= 11 is 0. The number of anilines is 1. The number of methoxy groups -OCH3 is 1. The number of aromatic hydroxyl groups is 2. The number of phenolic OH excluding ortho intramolecular Hbond substituents is 2. The predicted molar refractivity (Wildman–Crippen MR) is 233 cm³/mol. The first kappa shape index (κ1) is 44.4. The number of nitrogens with one attached hydrogen (secondary N) is 3. The van der Waals surface area contributed by atoms with Crippen molar-refractivity contribution in [2.24, 2.45) is 22.2 Å². The summed E-state index contributed by atoms with van der Waals surface area (Å²) in [5, 5.41) is 52.1. The SMILES string of the molecule is CN=C1NCSSCC2CCCC2(Cc2ccc(O)c(OC)c2)C(=O)C=CCC2(CCCC2)c2cc(c(O)c(OC3(CNC)CCC(CC(O)OCCCO)C3)c2)N1. The molecule has 3 aliphatic carbocycles. The van der Waals surface area contributed by atoms with Gasteiger partial charge in [-0.25, -0.2) is 0 Å². The molecule has 58 heavy (non-hydrogen) atoms. The van der Waals surface area contributed by atoms with Gasteiger partial charge in [-0.15, -0.1) is 0 Å². The molecule has 3 saturated carbocycles. The minimum atomic E-state index is -0.914. The monoisotopic (exact) mass is 840 g/mol. The third-order valence-electron chi connectivity index (χ3n) is 13.0. The Balaban J connectivity index is 1.33. The van der Waals surface area contributed by atoms with E-state index in [0.717, 1.165) is 74.7 Å². The number of aliphatic imine (C=N–C) groups is 1. The number of rotatable bonds is 13. The quantitative estimate of drug-likeness (QED) is 0.0474. The van der Waals surface area contributed by atoms with E-state index in [2.05, 4.69) is 27.0 Å². The first-order chi connectivity index (χ1) is 28.1. The number of aliphatic hydroxyl groups is 2. The van der Waals surface area contributed by atoms with E-state index in [9.17, 15) is 20.1 Å². The van der Waals surface area contributed by atoms with Crippen molar-refractivity contribution in [3.63, 3.8) is 0 Å². The molecule has 4 aliphatic rings. The maximum Gasteiger partial charge on any atom is 0.196 e. The van der Waals surface area contributed by atoms with Crippen molar-refractivity contribution in [1.29, 1.82) is 0 Å². The van der Waals surface area contributed by atoms with Gasteiger partial charge in [-0.2, -0.15) is 0 Å². The molecule has 5 unspecified atom stereocenters. The number of ether oxygens (including phenoxy) is 3. The van der Waals surface area contributed by atoms with Crippen LogP contribution in [0.5, 0.6) is 23.0 Å². The first-order valence-corrected chi connectivity index (χ1v) is 23.5. The van der Waals surface area contributed by atoms with Crippen LogP contribution in [0.3, 0.4) is 0 Å². The molecule has 12 nitrogen and oxygen atoms in total. The number of benzene rings is 2. The Hall–Kier alpha value is -3.14. The third-order valence-corrected chi connectivity index (χ3v) is 15.2. The first-order valence-electron chi connectivity index (χ1n) is 21.0. The summed E-state index contributed by atoms with van der Waals surface area (Å²) in [5.41, 5.74) is 1.08. The highest BCUT2D eigenvalue weighted by Gasteiger charge is 2.48. The van der Waals surface area contributed by atoms with Crippen molar-refractivity contribution in [2.45, 2.75) is 107 Å². The molecule has 0 amide bonds. The molecule has 3 fully saturated rings. The molecule has 0 radical (unpaired) electrons. The van der Waals surface area contributed by atoms with Crippen LogP contribution in [0.2, 0.25) is 0 Å². The van der Waals surface area contributed by atoms with Gasteiger partial charge < -0.3 is 50.6 Å². The Morgan fingerprint density at radius 3 is 2.64 bits per heavy atom. The van der Waals surface area contributed by atoms with Gasteiger partial charge in [0.15, 0.2) is 41.0 Å². The molecule has 2 bridgehead atoms. The van der Waals surface area contributed by atoms with Crippen molar-refractivity contribution in [2.75, 3.05) is 57.9 Å². The van der Waals surface area contributed by atoms with E-state index >= 15 is 0 Å². The lowest BCUT2D eigenvalue weighted by Gasteiger charge is -2.34. The van der Waals surface area contributed by atoms with Gasteiger partial charge in [-0.3, -0.25) is 9.79 Å². The van der Waals surface area contributed by atoms with Gasteiger partial charge in [0, 0.05) is 37.8 Å². The molecule has 0 aromatic heterocycles. The number of fused-ring (bicyclic) bond motifs is 4. The van der Waals surface area contributed by atoms with Gasteiger partial charge in [0.05, 0.1) is 25.3 Å². The van der Waals surface area contributed by atoms with Crippen LogP contribution in [0.25, 0.3) is 0 Å². The number of likely N-dealkylation sites (N-methyl/N-ethyl adjacent to an activating group) is 1. The third kappa shape index (κ3) is 10.4. The average molecular weight is 841 g/mol. The van der Waals surface area contributed by atoms with Crippen LogP contribution in [0.4, 0.5) is 5.69 Å². The smallest absolute Gasteiger partial charge is 0.196 e. The Labute approximate surface area is 351 Å². The fraction of sp³-hybridized carbons (Fsp3) is 0.636. The molecular formula is C44H64N4O8S2. The summed E-state index contributed by atoms with van der Waals surface area (Å²) in [7, 11) is 8.60. The zero-order valence-electron chi connectivity index (χ0n) is 34.4. The van der Waals surface area contributed by atoms with Gasteiger partial charge >= 0.3 is 0 Å². The van der Waals surface area contributed by atoms with Crippen LogP contribution in [0.15, 0.2) is 47.5 Å². The molecule has 7 N–H and O–H groups in total. The molecule has 320 valence electrons. The number of aliphatic hydroxyl groups excluding tert-OH is 2.